The highest BCUT2D eigenvalue weighted by molar-refractivity contribution is 6.25. The topological polar surface area (TPSA) is 13.1 Å². The third-order valence-corrected chi connectivity index (χ3v) is 10.1. The standard InChI is InChI=1S/C48H30O/c1-2-13-31(14-3-1)33-17-10-18-34(29-33)36-24-11-15-32-16-12-25-43(46(32)36)48-41-22-6-4-20-39(41)47(40-21-5-7-23-42(40)48)35-27-28-38-37-19-8-9-26-44(37)49-45(38)30-35/h1-30H. The Bertz CT molecular complexity index is 2810. The predicted molar refractivity (Wildman–Crippen MR) is 208 cm³/mol. The zero-order valence-electron chi connectivity index (χ0n) is 26.7. The van der Waals surface area contributed by atoms with Crippen LogP contribution in [-0.4, -0.2) is 0 Å². The van der Waals surface area contributed by atoms with Crippen molar-refractivity contribution in [2.24, 2.45) is 0 Å². The van der Waals surface area contributed by atoms with E-state index in [9.17, 15) is 0 Å². The van der Waals surface area contributed by atoms with Gasteiger partial charge in [0, 0.05) is 10.8 Å². The van der Waals surface area contributed by atoms with E-state index in [1.807, 2.05) is 12.1 Å². The van der Waals surface area contributed by atoms with E-state index in [0.29, 0.717) is 0 Å². The molecule has 10 rings (SSSR count). The second-order valence-electron chi connectivity index (χ2n) is 12.8. The van der Waals surface area contributed by atoms with Crippen LogP contribution in [0.1, 0.15) is 0 Å². The Morgan fingerprint density at radius 2 is 0.837 bits per heavy atom. The van der Waals surface area contributed by atoms with Crippen molar-refractivity contribution >= 4 is 54.3 Å². The number of rotatable bonds is 4. The summed E-state index contributed by atoms with van der Waals surface area (Å²) in [5.41, 5.74) is 11.6. The minimum atomic E-state index is 0.910. The molecule has 0 saturated carbocycles. The summed E-state index contributed by atoms with van der Waals surface area (Å²) in [4.78, 5) is 0. The monoisotopic (exact) mass is 622 g/mol. The molecule has 228 valence electrons. The molecule has 10 aromatic rings. The van der Waals surface area contributed by atoms with Gasteiger partial charge in [0.15, 0.2) is 0 Å². The largest absolute Gasteiger partial charge is 0.456 e. The molecule has 0 fully saturated rings. The molecule has 1 heteroatoms. The van der Waals surface area contributed by atoms with Crippen molar-refractivity contribution in [1.82, 2.24) is 0 Å². The van der Waals surface area contributed by atoms with Crippen LogP contribution in [0.4, 0.5) is 0 Å². The second kappa shape index (κ2) is 11.1. The third kappa shape index (κ3) is 4.40. The fourth-order valence-electron chi connectivity index (χ4n) is 7.90. The summed E-state index contributed by atoms with van der Waals surface area (Å²) < 4.78 is 6.37. The molecule has 1 nitrogen and oxygen atoms in total. The van der Waals surface area contributed by atoms with Gasteiger partial charge in [0.1, 0.15) is 11.2 Å². The summed E-state index contributed by atoms with van der Waals surface area (Å²) in [6.07, 6.45) is 0. The summed E-state index contributed by atoms with van der Waals surface area (Å²) in [6, 6.07) is 65.8. The van der Waals surface area contributed by atoms with Gasteiger partial charge in [0.25, 0.3) is 0 Å². The Balaban J connectivity index is 1.26. The summed E-state index contributed by atoms with van der Waals surface area (Å²) in [5.74, 6) is 0. The number of furan rings is 1. The van der Waals surface area contributed by atoms with Crippen LogP contribution in [0.25, 0.3) is 98.8 Å². The average molecular weight is 623 g/mol. The molecule has 0 aliphatic carbocycles. The van der Waals surface area contributed by atoms with Crippen LogP contribution in [0.5, 0.6) is 0 Å². The lowest BCUT2D eigenvalue weighted by atomic mass is 9.83. The summed E-state index contributed by atoms with van der Waals surface area (Å²) in [7, 11) is 0. The van der Waals surface area contributed by atoms with Gasteiger partial charge >= 0.3 is 0 Å². The first-order valence-corrected chi connectivity index (χ1v) is 16.8. The molecule has 0 atom stereocenters. The van der Waals surface area contributed by atoms with Gasteiger partial charge in [0.2, 0.25) is 0 Å². The first-order valence-electron chi connectivity index (χ1n) is 16.8. The van der Waals surface area contributed by atoms with Crippen LogP contribution in [0.15, 0.2) is 186 Å². The Morgan fingerprint density at radius 1 is 0.286 bits per heavy atom. The highest BCUT2D eigenvalue weighted by atomic mass is 16.3. The highest BCUT2D eigenvalue weighted by Gasteiger charge is 2.20. The zero-order chi connectivity index (χ0) is 32.3. The maximum atomic E-state index is 6.37. The molecule has 0 aliphatic rings. The lowest BCUT2D eigenvalue weighted by Crippen LogP contribution is -1.93. The first-order chi connectivity index (χ1) is 24.3. The van der Waals surface area contributed by atoms with Gasteiger partial charge in [0.05, 0.1) is 0 Å². The summed E-state index contributed by atoms with van der Waals surface area (Å²) in [6.45, 7) is 0. The van der Waals surface area contributed by atoms with Crippen molar-refractivity contribution in [2.45, 2.75) is 0 Å². The van der Waals surface area contributed by atoms with Crippen LogP contribution >= 0.6 is 0 Å². The van der Waals surface area contributed by atoms with Crippen LogP contribution in [-0.2, 0) is 0 Å². The van der Waals surface area contributed by atoms with Gasteiger partial charge in [-0.1, -0.05) is 158 Å². The molecule has 49 heavy (non-hydrogen) atoms. The number of para-hydroxylation sites is 1. The van der Waals surface area contributed by atoms with Crippen molar-refractivity contribution in [3.05, 3.63) is 182 Å². The molecule has 0 aliphatic heterocycles. The summed E-state index contributed by atoms with van der Waals surface area (Å²) in [5, 5.41) is 9.72. The SMILES string of the molecule is c1ccc(-c2cccc(-c3cccc4cccc(-c5c6ccccc6c(-c6ccc7c(c6)oc6ccccc67)c6ccccc56)c34)c2)cc1. The first kappa shape index (κ1) is 27.7. The minimum Gasteiger partial charge on any atom is -0.456 e. The normalized spacial score (nSPS) is 11.7. The van der Waals surface area contributed by atoms with Gasteiger partial charge in [-0.05, 0) is 101 Å². The Labute approximate surface area is 284 Å². The molecule has 1 aromatic heterocycles. The van der Waals surface area contributed by atoms with Crippen molar-refractivity contribution in [3.8, 4) is 44.5 Å². The molecular formula is C48H30O. The number of fused-ring (bicyclic) bond motifs is 6. The Morgan fingerprint density at radius 3 is 1.57 bits per heavy atom. The predicted octanol–water partition coefficient (Wildman–Crippen LogP) is 13.7. The maximum Gasteiger partial charge on any atom is 0.136 e. The van der Waals surface area contributed by atoms with E-state index in [1.165, 1.54) is 71.3 Å². The Kier molecular flexibility index (Phi) is 6.25. The molecule has 0 unspecified atom stereocenters. The molecule has 0 amide bonds. The third-order valence-electron chi connectivity index (χ3n) is 10.1. The number of hydrogen-bond donors (Lipinski definition) is 0. The second-order valence-corrected chi connectivity index (χ2v) is 12.8. The highest BCUT2D eigenvalue weighted by Crippen LogP contribution is 2.47. The smallest absolute Gasteiger partial charge is 0.136 e. The summed E-state index contributed by atoms with van der Waals surface area (Å²) >= 11 is 0. The minimum absolute atomic E-state index is 0.910. The lowest BCUT2D eigenvalue weighted by molar-refractivity contribution is 0.669. The van der Waals surface area contributed by atoms with Crippen molar-refractivity contribution in [3.63, 3.8) is 0 Å². The van der Waals surface area contributed by atoms with Crippen LogP contribution in [0, 0.1) is 0 Å². The zero-order valence-corrected chi connectivity index (χ0v) is 26.7. The van der Waals surface area contributed by atoms with Gasteiger partial charge in [-0.2, -0.15) is 0 Å². The van der Waals surface area contributed by atoms with Crippen LogP contribution in [0.2, 0.25) is 0 Å². The van der Waals surface area contributed by atoms with Crippen molar-refractivity contribution in [1.29, 1.82) is 0 Å². The molecule has 0 radical (unpaired) electrons. The van der Waals surface area contributed by atoms with Crippen molar-refractivity contribution < 1.29 is 4.42 Å². The fourth-order valence-corrected chi connectivity index (χ4v) is 7.90. The van der Waals surface area contributed by atoms with Crippen LogP contribution < -0.4 is 0 Å². The van der Waals surface area contributed by atoms with Crippen molar-refractivity contribution in [2.75, 3.05) is 0 Å². The maximum absolute atomic E-state index is 6.37. The molecular weight excluding hydrogens is 593 g/mol. The molecule has 1 heterocycles. The fraction of sp³-hybridized carbons (Fsp3) is 0. The van der Waals surface area contributed by atoms with E-state index in [-0.39, 0.29) is 0 Å². The van der Waals surface area contributed by atoms with E-state index >= 15 is 0 Å². The van der Waals surface area contributed by atoms with E-state index in [4.69, 9.17) is 4.42 Å². The molecule has 0 saturated heterocycles. The number of hydrogen-bond acceptors (Lipinski definition) is 1. The van der Waals surface area contributed by atoms with Crippen LogP contribution in [0.3, 0.4) is 0 Å². The lowest BCUT2D eigenvalue weighted by Gasteiger charge is -2.20. The quantitative estimate of drug-likeness (QED) is 0.178. The van der Waals surface area contributed by atoms with E-state index in [0.717, 1.165) is 27.5 Å². The van der Waals surface area contributed by atoms with Gasteiger partial charge in [-0.25, -0.2) is 0 Å². The molecule has 0 spiro atoms. The van der Waals surface area contributed by atoms with E-state index in [1.54, 1.807) is 0 Å². The van der Waals surface area contributed by atoms with Gasteiger partial charge in [-0.3, -0.25) is 0 Å². The number of benzene rings is 9. The Hall–Kier alpha value is -6.44. The van der Waals surface area contributed by atoms with E-state index in [2.05, 4.69) is 170 Å². The average Bonchev–Trinajstić information content (AvgIpc) is 3.55. The molecule has 9 aromatic carbocycles. The van der Waals surface area contributed by atoms with Gasteiger partial charge in [-0.15, -0.1) is 0 Å². The molecule has 0 bridgehead atoms. The van der Waals surface area contributed by atoms with E-state index < -0.39 is 0 Å². The van der Waals surface area contributed by atoms with Gasteiger partial charge < -0.3 is 4.42 Å². The molecule has 0 N–H and O–H groups in total.